The van der Waals surface area contributed by atoms with E-state index in [0.717, 1.165) is 32.1 Å². The highest BCUT2D eigenvalue weighted by Crippen LogP contribution is 2.16. The third-order valence-corrected chi connectivity index (χ3v) is 3.96. The second-order valence-electron chi connectivity index (χ2n) is 7.15. The molecule has 1 atom stereocenters. The zero-order valence-electron chi connectivity index (χ0n) is 15.9. The Morgan fingerprint density at radius 3 is 2.58 bits per heavy atom. The van der Waals surface area contributed by atoms with Crippen molar-refractivity contribution < 1.29 is 14.3 Å². The van der Waals surface area contributed by atoms with Crippen LogP contribution in [0, 0.1) is 11.3 Å². The lowest BCUT2D eigenvalue weighted by Crippen LogP contribution is -2.44. The first-order valence-corrected chi connectivity index (χ1v) is 8.69. The summed E-state index contributed by atoms with van der Waals surface area (Å²) in [6, 6.07) is 0. The van der Waals surface area contributed by atoms with Gasteiger partial charge in [-0.25, -0.2) is 0 Å². The summed E-state index contributed by atoms with van der Waals surface area (Å²) in [5.41, 5.74) is -0.354. The molecule has 0 radical (unpaired) electrons. The predicted octanol–water partition coefficient (Wildman–Crippen LogP) is 0.709. The van der Waals surface area contributed by atoms with Gasteiger partial charge in [-0.15, -0.1) is 0 Å². The molecule has 1 aliphatic heterocycles. The third kappa shape index (κ3) is 7.49. The number of carbonyl (C=O) groups excluding carboxylic acids is 1. The summed E-state index contributed by atoms with van der Waals surface area (Å²) in [4.78, 5) is 18.4. The smallest absolute Gasteiger partial charge is 0.225 e. The molecule has 7 nitrogen and oxygen atoms in total. The molecule has 7 heteroatoms. The lowest BCUT2D eigenvalue weighted by molar-refractivity contribution is -0.128. The van der Waals surface area contributed by atoms with E-state index in [-0.39, 0.29) is 11.3 Å². The molecule has 1 fully saturated rings. The number of likely N-dealkylation sites (tertiary alicyclic amines) is 1. The van der Waals surface area contributed by atoms with Gasteiger partial charge in [0.1, 0.15) is 0 Å². The summed E-state index contributed by atoms with van der Waals surface area (Å²) in [5.74, 6) is 1.48. The Balaban J connectivity index is 2.24. The van der Waals surface area contributed by atoms with Crippen molar-refractivity contribution in [2.75, 3.05) is 60.2 Å². The van der Waals surface area contributed by atoms with Crippen molar-refractivity contribution in [3.63, 3.8) is 0 Å². The number of methoxy groups -OCH3 is 1. The molecular weight excluding hydrogens is 308 g/mol. The van der Waals surface area contributed by atoms with Crippen LogP contribution >= 0.6 is 0 Å². The maximum absolute atomic E-state index is 11.8. The highest BCUT2D eigenvalue weighted by molar-refractivity contribution is 5.82. The lowest BCUT2D eigenvalue weighted by Gasteiger charge is -2.22. The van der Waals surface area contributed by atoms with Gasteiger partial charge < -0.3 is 25.0 Å². The number of aliphatic imine (C=N–C) groups is 1. The molecule has 0 aromatic heterocycles. The predicted molar refractivity (Wildman–Crippen MR) is 96.2 cm³/mol. The third-order valence-electron chi connectivity index (χ3n) is 3.96. The molecule has 1 saturated heterocycles. The first-order valence-electron chi connectivity index (χ1n) is 8.69. The van der Waals surface area contributed by atoms with E-state index in [9.17, 15) is 4.79 Å². The Labute approximate surface area is 146 Å². The van der Waals surface area contributed by atoms with Crippen molar-refractivity contribution >= 4 is 11.9 Å². The largest absolute Gasteiger partial charge is 0.382 e. The summed E-state index contributed by atoms with van der Waals surface area (Å²) in [5, 5.41) is 6.25. The van der Waals surface area contributed by atoms with Crippen molar-refractivity contribution in [3.8, 4) is 0 Å². The van der Waals surface area contributed by atoms with Crippen molar-refractivity contribution in [1.82, 2.24) is 15.5 Å². The molecule has 1 aliphatic rings. The lowest BCUT2D eigenvalue weighted by atomic mass is 9.96. The summed E-state index contributed by atoms with van der Waals surface area (Å²) < 4.78 is 10.6. The fourth-order valence-corrected chi connectivity index (χ4v) is 2.50. The average Bonchev–Trinajstić information content (AvgIpc) is 2.99. The molecule has 0 aromatic carbocycles. The first-order chi connectivity index (χ1) is 11.4. The minimum Gasteiger partial charge on any atom is -0.382 e. The van der Waals surface area contributed by atoms with Crippen LogP contribution in [-0.4, -0.2) is 76.9 Å². The molecule has 24 heavy (non-hydrogen) atoms. The van der Waals surface area contributed by atoms with Gasteiger partial charge in [-0.05, 0) is 6.42 Å². The van der Waals surface area contributed by atoms with E-state index in [1.165, 1.54) is 0 Å². The normalized spacial score (nSPS) is 18.8. The van der Waals surface area contributed by atoms with Crippen LogP contribution < -0.4 is 10.6 Å². The van der Waals surface area contributed by atoms with Gasteiger partial charge in [-0.3, -0.25) is 9.79 Å². The van der Waals surface area contributed by atoms with Crippen molar-refractivity contribution in [1.29, 1.82) is 0 Å². The average molecular weight is 342 g/mol. The van der Waals surface area contributed by atoms with Gasteiger partial charge in [0.2, 0.25) is 5.91 Å². The fourth-order valence-electron chi connectivity index (χ4n) is 2.50. The van der Waals surface area contributed by atoms with Gasteiger partial charge in [-0.2, -0.15) is 0 Å². The Morgan fingerprint density at radius 2 is 1.96 bits per heavy atom. The van der Waals surface area contributed by atoms with E-state index in [1.54, 1.807) is 14.2 Å². The zero-order chi connectivity index (χ0) is 18.0. The van der Waals surface area contributed by atoms with Gasteiger partial charge in [0.25, 0.3) is 0 Å². The Hall–Kier alpha value is -1.34. The van der Waals surface area contributed by atoms with Gasteiger partial charge >= 0.3 is 0 Å². The summed E-state index contributed by atoms with van der Waals surface area (Å²) in [6.45, 7) is 11.0. The quantitative estimate of drug-likeness (QED) is 0.386. The van der Waals surface area contributed by atoms with Crippen LogP contribution in [0.5, 0.6) is 0 Å². The number of nitrogens with one attached hydrogen (secondary N) is 2. The van der Waals surface area contributed by atoms with Gasteiger partial charge in [0.05, 0.1) is 19.8 Å². The van der Waals surface area contributed by atoms with Crippen LogP contribution in [0.2, 0.25) is 0 Å². The second-order valence-corrected chi connectivity index (χ2v) is 7.15. The van der Waals surface area contributed by atoms with E-state index >= 15 is 0 Å². The SMILES string of the molecule is CN=C(NCCNC(=O)C(C)(C)C)N1CCC(COCCOC)C1. The van der Waals surface area contributed by atoms with E-state index in [0.29, 0.717) is 32.2 Å². The number of hydrogen-bond donors (Lipinski definition) is 2. The Bertz CT molecular complexity index is 407. The number of nitrogens with zero attached hydrogens (tertiary/aromatic N) is 2. The van der Waals surface area contributed by atoms with Crippen LogP contribution in [-0.2, 0) is 14.3 Å². The van der Waals surface area contributed by atoms with Gasteiger partial charge in [-0.1, -0.05) is 20.8 Å². The molecule has 1 amide bonds. The van der Waals surface area contributed by atoms with Crippen molar-refractivity contribution in [2.45, 2.75) is 27.2 Å². The number of hydrogen-bond acceptors (Lipinski definition) is 4. The Morgan fingerprint density at radius 1 is 1.25 bits per heavy atom. The number of amides is 1. The van der Waals surface area contributed by atoms with Crippen molar-refractivity contribution in [3.05, 3.63) is 0 Å². The maximum Gasteiger partial charge on any atom is 0.225 e. The van der Waals surface area contributed by atoms with Crippen LogP contribution in [0.4, 0.5) is 0 Å². The number of guanidine groups is 1. The summed E-state index contributed by atoms with van der Waals surface area (Å²) >= 11 is 0. The minimum atomic E-state index is -0.354. The fraction of sp³-hybridized carbons (Fsp3) is 0.882. The second kappa shape index (κ2) is 10.5. The van der Waals surface area contributed by atoms with E-state index in [1.807, 2.05) is 20.8 Å². The topological polar surface area (TPSA) is 75.2 Å². The van der Waals surface area contributed by atoms with E-state index in [2.05, 4.69) is 20.5 Å². The van der Waals surface area contributed by atoms with Crippen LogP contribution in [0.1, 0.15) is 27.2 Å². The van der Waals surface area contributed by atoms with Gasteiger partial charge in [0, 0.05) is 51.7 Å². The highest BCUT2D eigenvalue weighted by Gasteiger charge is 2.25. The van der Waals surface area contributed by atoms with Crippen LogP contribution in [0.15, 0.2) is 4.99 Å². The molecular formula is C17H34N4O3. The van der Waals surface area contributed by atoms with E-state index in [4.69, 9.17) is 9.47 Å². The highest BCUT2D eigenvalue weighted by atomic mass is 16.5. The van der Waals surface area contributed by atoms with Crippen LogP contribution in [0.3, 0.4) is 0 Å². The Kier molecular flexibility index (Phi) is 9.07. The molecule has 0 aliphatic carbocycles. The van der Waals surface area contributed by atoms with E-state index < -0.39 is 0 Å². The minimum absolute atomic E-state index is 0.0636. The summed E-state index contributed by atoms with van der Waals surface area (Å²) in [7, 11) is 3.47. The zero-order valence-corrected chi connectivity index (χ0v) is 15.9. The maximum atomic E-state index is 11.8. The van der Waals surface area contributed by atoms with Crippen molar-refractivity contribution in [2.24, 2.45) is 16.3 Å². The molecule has 1 rings (SSSR count). The molecule has 0 spiro atoms. The molecule has 140 valence electrons. The standard InChI is InChI=1S/C17H34N4O3/c1-17(2,3)15(22)19-7-8-20-16(18-4)21-9-6-14(12-21)13-24-11-10-23-5/h14H,6-13H2,1-5H3,(H,18,20)(H,19,22). The molecule has 0 aromatic rings. The molecule has 1 unspecified atom stereocenters. The molecule has 1 heterocycles. The van der Waals surface area contributed by atoms with Crippen LogP contribution in [0.25, 0.3) is 0 Å². The molecule has 0 bridgehead atoms. The van der Waals surface area contributed by atoms with Gasteiger partial charge in [0.15, 0.2) is 5.96 Å². The molecule has 2 N–H and O–H groups in total. The summed E-state index contributed by atoms with van der Waals surface area (Å²) in [6.07, 6.45) is 1.11. The first kappa shape index (κ1) is 20.7. The molecule has 0 saturated carbocycles. The number of rotatable bonds is 8. The number of ether oxygens (including phenoxy) is 2. The number of carbonyl (C=O) groups is 1. The monoisotopic (exact) mass is 342 g/mol.